The third-order valence-corrected chi connectivity index (χ3v) is 4.09. The summed E-state index contributed by atoms with van der Waals surface area (Å²) in [5, 5.41) is 0. The van der Waals surface area contributed by atoms with Gasteiger partial charge in [0.15, 0.2) is 0 Å². The highest BCUT2D eigenvalue weighted by atomic mass is 79.9. The molecule has 0 nitrogen and oxygen atoms in total. The van der Waals surface area contributed by atoms with Crippen LogP contribution in [-0.2, 0) is 0 Å². The molecule has 0 aromatic carbocycles. The zero-order valence-corrected chi connectivity index (χ0v) is 9.23. The van der Waals surface area contributed by atoms with Crippen LogP contribution in [0.4, 0.5) is 0 Å². The minimum Gasteiger partial charge on any atom is -0.0888 e. The second-order valence-corrected chi connectivity index (χ2v) is 5.05. The Balaban J connectivity index is 2.33. The Morgan fingerprint density at radius 1 is 1.45 bits per heavy atom. The van der Waals surface area contributed by atoms with Gasteiger partial charge in [0.05, 0.1) is 0 Å². The molecule has 11 heavy (non-hydrogen) atoms. The van der Waals surface area contributed by atoms with Crippen molar-refractivity contribution in [1.82, 2.24) is 0 Å². The van der Waals surface area contributed by atoms with Crippen molar-refractivity contribution in [1.29, 1.82) is 0 Å². The fraction of sp³-hybridized carbons (Fsp3) is 1.00. The summed E-state index contributed by atoms with van der Waals surface area (Å²) in [4.78, 5) is 0.796. The third-order valence-electron chi connectivity index (χ3n) is 2.96. The van der Waals surface area contributed by atoms with Crippen LogP contribution in [0.2, 0.25) is 0 Å². The first kappa shape index (κ1) is 9.57. The Kier molecular flexibility index (Phi) is 3.91. The largest absolute Gasteiger partial charge is 0.0888 e. The van der Waals surface area contributed by atoms with Crippen LogP contribution in [0.5, 0.6) is 0 Å². The Morgan fingerprint density at radius 2 is 2.18 bits per heavy atom. The maximum absolute atomic E-state index is 3.81. The van der Waals surface area contributed by atoms with E-state index in [0.717, 1.165) is 16.7 Å². The fourth-order valence-electron chi connectivity index (χ4n) is 2.20. The van der Waals surface area contributed by atoms with Crippen molar-refractivity contribution in [3.05, 3.63) is 0 Å². The molecular weight excluding hydrogens is 200 g/mol. The molecule has 0 N–H and O–H groups in total. The van der Waals surface area contributed by atoms with Crippen molar-refractivity contribution < 1.29 is 0 Å². The van der Waals surface area contributed by atoms with E-state index < -0.39 is 0 Å². The van der Waals surface area contributed by atoms with Gasteiger partial charge in [-0.05, 0) is 24.7 Å². The van der Waals surface area contributed by atoms with E-state index in [1.807, 2.05) is 0 Å². The molecule has 0 spiro atoms. The van der Waals surface area contributed by atoms with E-state index in [1.165, 1.54) is 32.1 Å². The number of hydrogen-bond acceptors (Lipinski definition) is 0. The molecule has 1 heteroatoms. The van der Waals surface area contributed by atoms with Gasteiger partial charge in [-0.15, -0.1) is 0 Å². The van der Waals surface area contributed by atoms with Gasteiger partial charge in [-0.1, -0.05) is 49.0 Å². The summed E-state index contributed by atoms with van der Waals surface area (Å²) in [6.07, 6.45) is 7.04. The van der Waals surface area contributed by atoms with Gasteiger partial charge in [-0.2, -0.15) is 0 Å². The van der Waals surface area contributed by atoms with Crippen LogP contribution in [-0.4, -0.2) is 4.83 Å². The molecule has 66 valence electrons. The normalized spacial score (nSPS) is 34.1. The maximum atomic E-state index is 3.81. The molecule has 1 aliphatic carbocycles. The Hall–Kier alpha value is 0.480. The van der Waals surface area contributed by atoms with Gasteiger partial charge >= 0.3 is 0 Å². The highest BCUT2D eigenvalue weighted by Crippen LogP contribution is 2.38. The molecule has 1 rings (SSSR count). The van der Waals surface area contributed by atoms with Crippen molar-refractivity contribution >= 4 is 15.9 Å². The van der Waals surface area contributed by atoms with E-state index in [4.69, 9.17) is 0 Å². The minimum absolute atomic E-state index is 0.796. The molecule has 0 heterocycles. The zero-order chi connectivity index (χ0) is 8.27. The molecule has 0 amide bonds. The van der Waals surface area contributed by atoms with Crippen LogP contribution in [0.3, 0.4) is 0 Å². The van der Waals surface area contributed by atoms with Crippen LogP contribution in [0, 0.1) is 11.8 Å². The number of alkyl halides is 1. The standard InChI is InChI=1S/C10H19Br/c1-3-5-10(11)9-7-4-6-8(9)2/h8-10H,3-7H2,1-2H3. The SMILES string of the molecule is CCCC(Br)C1CCCC1C. The van der Waals surface area contributed by atoms with Gasteiger partial charge in [0, 0.05) is 4.83 Å². The molecule has 0 aromatic heterocycles. The lowest BCUT2D eigenvalue weighted by Crippen LogP contribution is -2.16. The van der Waals surface area contributed by atoms with Gasteiger partial charge in [-0.25, -0.2) is 0 Å². The van der Waals surface area contributed by atoms with Crippen LogP contribution in [0.15, 0.2) is 0 Å². The summed E-state index contributed by atoms with van der Waals surface area (Å²) in [6.45, 7) is 4.68. The van der Waals surface area contributed by atoms with Crippen LogP contribution >= 0.6 is 15.9 Å². The van der Waals surface area contributed by atoms with Crippen molar-refractivity contribution in [2.24, 2.45) is 11.8 Å². The molecular formula is C10H19Br. The van der Waals surface area contributed by atoms with Crippen molar-refractivity contribution in [2.45, 2.75) is 50.8 Å². The maximum Gasteiger partial charge on any atom is 0.0176 e. The second kappa shape index (κ2) is 4.49. The third kappa shape index (κ3) is 2.47. The van der Waals surface area contributed by atoms with Gasteiger partial charge < -0.3 is 0 Å². The highest BCUT2D eigenvalue weighted by Gasteiger charge is 2.28. The van der Waals surface area contributed by atoms with E-state index in [-0.39, 0.29) is 0 Å². The predicted octanol–water partition coefficient (Wildman–Crippen LogP) is 3.99. The zero-order valence-electron chi connectivity index (χ0n) is 7.65. The number of halogens is 1. The summed E-state index contributed by atoms with van der Waals surface area (Å²) in [6, 6.07) is 0. The van der Waals surface area contributed by atoms with E-state index >= 15 is 0 Å². The molecule has 0 saturated heterocycles. The van der Waals surface area contributed by atoms with E-state index in [1.54, 1.807) is 0 Å². The summed E-state index contributed by atoms with van der Waals surface area (Å²) in [7, 11) is 0. The lowest BCUT2D eigenvalue weighted by atomic mass is 9.92. The number of rotatable bonds is 3. The molecule has 0 aromatic rings. The average molecular weight is 219 g/mol. The fourth-order valence-corrected chi connectivity index (χ4v) is 3.44. The molecule has 3 unspecified atom stereocenters. The first-order valence-electron chi connectivity index (χ1n) is 4.89. The molecule has 0 radical (unpaired) electrons. The van der Waals surface area contributed by atoms with Crippen molar-refractivity contribution in [3.63, 3.8) is 0 Å². The first-order valence-corrected chi connectivity index (χ1v) is 5.81. The van der Waals surface area contributed by atoms with Gasteiger partial charge in [0.25, 0.3) is 0 Å². The molecule has 0 bridgehead atoms. The summed E-state index contributed by atoms with van der Waals surface area (Å²) in [5.41, 5.74) is 0. The van der Waals surface area contributed by atoms with Gasteiger partial charge in [-0.3, -0.25) is 0 Å². The molecule has 1 aliphatic rings. The summed E-state index contributed by atoms with van der Waals surface area (Å²) in [5.74, 6) is 1.93. The average Bonchev–Trinajstić information content (AvgIpc) is 2.36. The Bertz CT molecular complexity index is 111. The highest BCUT2D eigenvalue weighted by molar-refractivity contribution is 9.09. The van der Waals surface area contributed by atoms with Crippen LogP contribution in [0.1, 0.15) is 46.0 Å². The molecule has 3 atom stereocenters. The van der Waals surface area contributed by atoms with E-state index in [0.29, 0.717) is 0 Å². The van der Waals surface area contributed by atoms with E-state index in [9.17, 15) is 0 Å². The molecule has 1 saturated carbocycles. The van der Waals surface area contributed by atoms with Gasteiger partial charge in [0.1, 0.15) is 0 Å². The Morgan fingerprint density at radius 3 is 2.64 bits per heavy atom. The smallest absolute Gasteiger partial charge is 0.0176 e. The topological polar surface area (TPSA) is 0 Å². The van der Waals surface area contributed by atoms with Gasteiger partial charge in [0.2, 0.25) is 0 Å². The second-order valence-electron chi connectivity index (χ2n) is 3.88. The monoisotopic (exact) mass is 218 g/mol. The molecule has 0 aliphatic heterocycles. The van der Waals surface area contributed by atoms with Crippen LogP contribution < -0.4 is 0 Å². The van der Waals surface area contributed by atoms with E-state index in [2.05, 4.69) is 29.8 Å². The summed E-state index contributed by atoms with van der Waals surface area (Å²) < 4.78 is 0. The lowest BCUT2D eigenvalue weighted by Gasteiger charge is -2.20. The quantitative estimate of drug-likeness (QED) is 0.629. The Labute approximate surface area is 78.9 Å². The minimum atomic E-state index is 0.796. The molecule has 1 fully saturated rings. The first-order chi connectivity index (χ1) is 5.25. The van der Waals surface area contributed by atoms with Crippen molar-refractivity contribution in [2.75, 3.05) is 0 Å². The van der Waals surface area contributed by atoms with Crippen LogP contribution in [0.25, 0.3) is 0 Å². The predicted molar refractivity (Wildman–Crippen MR) is 54.1 cm³/mol. The lowest BCUT2D eigenvalue weighted by molar-refractivity contribution is 0.396. The summed E-state index contributed by atoms with van der Waals surface area (Å²) >= 11 is 3.81. The van der Waals surface area contributed by atoms with Crippen molar-refractivity contribution in [3.8, 4) is 0 Å². The number of hydrogen-bond donors (Lipinski definition) is 0.